The maximum absolute atomic E-state index is 12.2. The lowest BCUT2D eigenvalue weighted by atomic mass is 9.90. The fourth-order valence-electron chi connectivity index (χ4n) is 2.30. The van der Waals surface area contributed by atoms with Crippen LogP contribution in [0.3, 0.4) is 0 Å². The molecule has 1 fully saturated rings. The zero-order valence-electron chi connectivity index (χ0n) is 12.3. The summed E-state index contributed by atoms with van der Waals surface area (Å²) in [5.41, 5.74) is -0.145. The van der Waals surface area contributed by atoms with Crippen molar-refractivity contribution in [2.75, 3.05) is 13.1 Å². The molecular formula is C15H22Cl2N2O2. The van der Waals surface area contributed by atoms with Gasteiger partial charge in [0.25, 0.3) is 5.91 Å². The van der Waals surface area contributed by atoms with Crippen molar-refractivity contribution < 1.29 is 9.53 Å². The highest BCUT2D eigenvalue weighted by Crippen LogP contribution is 2.20. The molecule has 1 saturated heterocycles. The minimum absolute atomic E-state index is 0. The van der Waals surface area contributed by atoms with Crippen molar-refractivity contribution in [2.45, 2.75) is 38.3 Å². The van der Waals surface area contributed by atoms with Gasteiger partial charge >= 0.3 is 0 Å². The van der Waals surface area contributed by atoms with Crippen LogP contribution in [0.4, 0.5) is 0 Å². The summed E-state index contributed by atoms with van der Waals surface area (Å²) in [5.74, 6) is 0.519. The van der Waals surface area contributed by atoms with E-state index in [1.54, 1.807) is 31.2 Å². The molecule has 1 heterocycles. The van der Waals surface area contributed by atoms with Gasteiger partial charge in [-0.15, -0.1) is 12.4 Å². The number of ether oxygens (including phenoxy) is 1. The molecule has 1 aliphatic heterocycles. The first-order valence-corrected chi connectivity index (χ1v) is 7.31. The maximum atomic E-state index is 12.2. The van der Waals surface area contributed by atoms with Crippen LogP contribution >= 0.6 is 24.0 Å². The predicted octanol–water partition coefficient (Wildman–Crippen LogP) is 2.79. The van der Waals surface area contributed by atoms with Crippen molar-refractivity contribution in [2.24, 2.45) is 0 Å². The van der Waals surface area contributed by atoms with E-state index in [-0.39, 0.29) is 23.9 Å². The smallest absolute Gasteiger partial charge is 0.261 e. The van der Waals surface area contributed by atoms with E-state index in [1.807, 2.05) is 0 Å². The number of hydrogen-bond donors (Lipinski definition) is 2. The summed E-state index contributed by atoms with van der Waals surface area (Å²) in [5, 5.41) is 6.98. The molecule has 0 saturated carbocycles. The largest absolute Gasteiger partial charge is 0.481 e. The van der Waals surface area contributed by atoms with E-state index in [2.05, 4.69) is 17.6 Å². The second kappa shape index (κ2) is 7.87. The minimum atomic E-state index is -0.542. The summed E-state index contributed by atoms with van der Waals surface area (Å²) in [6, 6.07) is 7.07. The summed E-state index contributed by atoms with van der Waals surface area (Å²) in [6.07, 6.45) is 1.32. The Morgan fingerprint density at radius 3 is 2.71 bits per heavy atom. The lowest BCUT2D eigenvalue weighted by Crippen LogP contribution is -2.55. The molecule has 0 aromatic heterocycles. The third-order valence-electron chi connectivity index (χ3n) is 3.61. The van der Waals surface area contributed by atoms with Gasteiger partial charge in [-0.05, 0) is 58.0 Å². The average Bonchev–Trinajstić information content (AvgIpc) is 2.39. The summed E-state index contributed by atoms with van der Waals surface area (Å²) in [6.45, 7) is 5.69. The van der Waals surface area contributed by atoms with Gasteiger partial charge in [0.15, 0.2) is 6.10 Å². The summed E-state index contributed by atoms with van der Waals surface area (Å²) in [7, 11) is 0. The van der Waals surface area contributed by atoms with Crippen LogP contribution in [-0.4, -0.2) is 30.6 Å². The zero-order chi connectivity index (χ0) is 14.6. The third-order valence-corrected chi connectivity index (χ3v) is 3.85. The lowest BCUT2D eigenvalue weighted by Gasteiger charge is -2.35. The Labute approximate surface area is 137 Å². The fraction of sp³-hybridized carbons (Fsp3) is 0.533. The van der Waals surface area contributed by atoms with Gasteiger partial charge in [-0.2, -0.15) is 0 Å². The Hall–Kier alpha value is -0.970. The van der Waals surface area contributed by atoms with Crippen LogP contribution in [0.1, 0.15) is 26.7 Å². The number of hydrogen-bond acceptors (Lipinski definition) is 3. The van der Waals surface area contributed by atoms with Crippen LogP contribution < -0.4 is 15.4 Å². The first-order valence-electron chi connectivity index (χ1n) is 6.93. The van der Waals surface area contributed by atoms with E-state index in [0.29, 0.717) is 10.8 Å². The van der Waals surface area contributed by atoms with Gasteiger partial charge in [-0.1, -0.05) is 17.7 Å². The molecule has 0 bridgehead atoms. The first-order chi connectivity index (χ1) is 9.48. The van der Waals surface area contributed by atoms with Crippen LogP contribution in [0.25, 0.3) is 0 Å². The molecule has 21 heavy (non-hydrogen) atoms. The predicted molar refractivity (Wildman–Crippen MR) is 87.4 cm³/mol. The SMILES string of the molecule is CC(Oc1cccc(Cl)c1)C(=O)NC1(C)CCNCC1.Cl. The molecule has 0 aliphatic carbocycles. The second-order valence-electron chi connectivity index (χ2n) is 5.52. The van der Waals surface area contributed by atoms with Crippen LogP contribution in [0, 0.1) is 0 Å². The van der Waals surface area contributed by atoms with Crippen molar-refractivity contribution in [3.63, 3.8) is 0 Å². The van der Waals surface area contributed by atoms with E-state index in [1.165, 1.54) is 0 Å². The fourth-order valence-corrected chi connectivity index (χ4v) is 2.48. The Kier molecular flexibility index (Phi) is 6.78. The van der Waals surface area contributed by atoms with E-state index < -0.39 is 6.10 Å². The number of carbonyl (C=O) groups is 1. The van der Waals surface area contributed by atoms with Gasteiger partial charge in [0.1, 0.15) is 5.75 Å². The van der Waals surface area contributed by atoms with Gasteiger partial charge in [0.2, 0.25) is 0 Å². The number of piperidine rings is 1. The van der Waals surface area contributed by atoms with Crippen molar-refractivity contribution >= 4 is 29.9 Å². The van der Waals surface area contributed by atoms with E-state index >= 15 is 0 Å². The summed E-state index contributed by atoms with van der Waals surface area (Å²) < 4.78 is 5.63. The zero-order valence-corrected chi connectivity index (χ0v) is 13.9. The maximum Gasteiger partial charge on any atom is 0.261 e. The first kappa shape index (κ1) is 18.1. The molecule has 1 amide bonds. The highest BCUT2D eigenvalue weighted by atomic mass is 35.5. The summed E-state index contributed by atoms with van der Waals surface area (Å²) >= 11 is 5.90. The minimum Gasteiger partial charge on any atom is -0.481 e. The quantitative estimate of drug-likeness (QED) is 0.891. The van der Waals surface area contributed by atoms with Crippen molar-refractivity contribution in [1.29, 1.82) is 0 Å². The Balaban J connectivity index is 0.00000220. The van der Waals surface area contributed by atoms with Gasteiger partial charge in [-0.25, -0.2) is 0 Å². The molecule has 1 aliphatic rings. The summed E-state index contributed by atoms with van der Waals surface area (Å²) in [4.78, 5) is 12.2. The monoisotopic (exact) mass is 332 g/mol. The van der Waals surface area contributed by atoms with Crippen LogP contribution in [0.15, 0.2) is 24.3 Å². The normalized spacial score (nSPS) is 18.2. The molecule has 6 heteroatoms. The molecule has 0 radical (unpaired) electrons. The third kappa shape index (κ3) is 5.38. The molecule has 1 aromatic carbocycles. The van der Waals surface area contributed by atoms with Gasteiger partial charge in [-0.3, -0.25) is 4.79 Å². The Morgan fingerprint density at radius 1 is 1.43 bits per heavy atom. The number of carbonyl (C=O) groups excluding carboxylic acids is 1. The highest BCUT2D eigenvalue weighted by Gasteiger charge is 2.30. The molecule has 1 unspecified atom stereocenters. The molecule has 4 nitrogen and oxygen atoms in total. The van der Waals surface area contributed by atoms with Crippen molar-refractivity contribution in [3.05, 3.63) is 29.3 Å². The molecular weight excluding hydrogens is 311 g/mol. The molecule has 1 aromatic rings. The number of amides is 1. The molecule has 1 atom stereocenters. The average molecular weight is 333 g/mol. The Morgan fingerprint density at radius 2 is 2.10 bits per heavy atom. The lowest BCUT2D eigenvalue weighted by molar-refractivity contribution is -0.129. The molecule has 2 N–H and O–H groups in total. The van der Waals surface area contributed by atoms with Crippen molar-refractivity contribution in [3.8, 4) is 5.75 Å². The molecule has 118 valence electrons. The number of benzene rings is 1. The van der Waals surface area contributed by atoms with E-state index in [9.17, 15) is 4.79 Å². The van der Waals surface area contributed by atoms with E-state index in [4.69, 9.17) is 16.3 Å². The molecule has 2 rings (SSSR count). The van der Waals surface area contributed by atoms with Gasteiger partial charge in [0, 0.05) is 10.6 Å². The second-order valence-corrected chi connectivity index (χ2v) is 5.95. The van der Waals surface area contributed by atoms with Gasteiger partial charge in [0.05, 0.1) is 0 Å². The van der Waals surface area contributed by atoms with Gasteiger partial charge < -0.3 is 15.4 Å². The van der Waals surface area contributed by atoms with E-state index in [0.717, 1.165) is 25.9 Å². The topological polar surface area (TPSA) is 50.4 Å². The molecule has 0 spiro atoms. The van der Waals surface area contributed by atoms with Crippen LogP contribution in [-0.2, 0) is 4.79 Å². The number of nitrogens with one attached hydrogen (secondary N) is 2. The van der Waals surface area contributed by atoms with Crippen LogP contribution in [0.5, 0.6) is 5.75 Å². The standard InChI is InChI=1S/C15H21ClN2O2.ClH/c1-11(20-13-5-3-4-12(16)10-13)14(19)18-15(2)6-8-17-9-7-15;/h3-5,10-11,17H,6-9H2,1-2H3,(H,18,19);1H. The highest BCUT2D eigenvalue weighted by molar-refractivity contribution is 6.30. The van der Waals surface area contributed by atoms with Crippen LogP contribution in [0.2, 0.25) is 5.02 Å². The number of halogens is 2. The number of rotatable bonds is 4. The Bertz CT molecular complexity index is 476. The van der Waals surface area contributed by atoms with Crippen molar-refractivity contribution in [1.82, 2.24) is 10.6 Å².